The largest absolute Gasteiger partial charge is 0.497 e. The smallest absolute Gasteiger partial charge is 0.320 e. The van der Waals surface area contributed by atoms with E-state index in [1.54, 1.807) is 7.11 Å². The molecule has 0 saturated carbocycles. The number of rotatable bonds is 10. The van der Waals surface area contributed by atoms with Gasteiger partial charge in [0.15, 0.2) is 0 Å². The maximum atomic E-state index is 10.9. The number of aryl methyl sites for hydroxylation is 2. The van der Waals surface area contributed by atoms with Crippen molar-refractivity contribution in [1.29, 1.82) is 0 Å². The van der Waals surface area contributed by atoms with E-state index in [2.05, 4.69) is 35.2 Å². The highest BCUT2D eigenvalue weighted by molar-refractivity contribution is 5.84. The van der Waals surface area contributed by atoms with Crippen LogP contribution in [0, 0.1) is 0 Å². The average Bonchev–Trinajstić information content (AvgIpc) is 3.14. The SMILES string of the molecule is COc1ccc2c(c1)CCc1cccnc1C2=C1CCN(CCCCOc2ccc(C[C@H](N)C(=O)O)cc2)CC1. The lowest BCUT2D eigenvalue weighted by Gasteiger charge is -2.30. The Balaban J connectivity index is 1.14. The molecule has 1 fully saturated rings. The molecule has 0 bridgehead atoms. The minimum Gasteiger partial charge on any atom is -0.497 e. The van der Waals surface area contributed by atoms with Gasteiger partial charge < -0.3 is 25.2 Å². The van der Waals surface area contributed by atoms with Gasteiger partial charge in [-0.05, 0) is 104 Å². The topological polar surface area (TPSA) is 97.9 Å². The number of methoxy groups -OCH3 is 1. The first kappa shape index (κ1) is 27.9. The molecule has 0 amide bonds. The number of likely N-dealkylation sites (tertiary alicyclic amines) is 1. The second kappa shape index (κ2) is 13.1. The summed E-state index contributed by atoms with van der Waals surface area (Å²) in [4.78, 5) is 18.4. The molecule has 1 saturated heterocycles. The number of aliphatic carboxylic acids is 1. The molecule has 1 aliphatic heterocycles. The Morgan fingerprint density at radius 1 is 1.00 bits per heavy atom. The number of benzene rings is 2. The number of hydrogen-bond donors (Lipinski definition) is 2. The first-order chi connectivity index (χ1) is 19.5. The number of carbonyl (C=O) groups is 1. The quantitative estimate of drug-likeness (QED) is 0.352. The zero-order valence-electron chi connectivity index (χ0n) is 23.3. The molecule has 2 aromatic carbocycles. The Morgan fingerprint density at radius 3 is 2.50 bits per heavy atom. The molecule has 0 unspecified atom stereocenters. The van der Waals surface area contributed by atoms with Crippen molar-refractivity contribution in [2.24, 2.45) is 5.73 Å². The van der Waals surface area contributed by atoms with E-state index < -0.39 is 12.0 Å². The lowest BCUT2D eigenvalue weighted by atomic mass is 9.88. The summed E-state index contributed by atoms with van der Waals surface area (Å²) in [6, 6.07) is 17.4. The maximum Gasteiger partial charge on any atom is 0.320 e. The van der Waals surface area contributed by atoms with E-state index in [-0.39, 0.29) is 0 Å². The molecule has 5 rings (SSSR count). The molecule has 2 heterocycles. The highest BCUT2D eigenvalue weighted by atomic mass is 16.5. The van der Waals surface area contributed by atoms with E-state index in [1.165, 1.54) is 27.8 Å². The van der Waals surface area contributed by atoms with Crippen LogP contribution in [-0.4, -0.2) is 60.4 Å². The van der Waals surface area contributed by atoms with Crippen LogP contribution in [0.5, 0.6) is 11.5 Å². The zero-order valence-corrected chi connectivity index (χ0v) is 23.3. The fourth-order valence-electron chi connectivity index (χ4n) is 5.76. The third kappa shape index (κ3) is 6.72. The number of ether oxygens (including phenoxy) is 2. The molecule has 210 valence electrons. The molecule has 1 aromatic heterocycles. The summed E-state index contributed by atoms with van der Waals surface area (Å²) < 4.78 is 11.4. The van der Waals surface area contributed by atoms with E-state index in [0.29, 0.717) is 13.0 Å². The molecular formula is C33H39N3O4. The van der Waals surface area contributed by atoms with E-state index >= 15 is 0 Å². The maximum absolute atomic E-state index is 10.9. The van der Waals surface area contributed by atoms with Gasteiger partial charge in [0.05, 0.1) is 19.4 Å². The van der Waals surface area contributed by atoms with Crippen molar-refractivity contribution in [1.82, 2.24) is 9.88 Å². The summed E-state index contributed by atoms with van der Waals surface area (Å²) in [6.07, 6.45) is 8.43. The molecule has 2 aliphatic rings. The van der Waals surface area contributed by atoms with Gasteiger partial charge in [0.25, 0.3) is 0 Å². The number of pyridine rings is 1. The van der Waals surface area contributed by atoms with Gasteiger partial charge in [0, 0.05) is 24.9 Å². The van der Waals surface area contributed by atoms with Crippen LogP contribution in [0.15, 0.2) is 66.4 Å². The van der Waals surface area contributed by atoms with Gasteiger partial charge >= 0.3 is 5.97 Å². The van der Waals surface area contributed by atoms with Crippen molar-refractivity contribution < 1.29 is 19.4 Å². The van der Waals surface area contributed by atoms with E-state index in [1.807, 2.05) is 30.5 Å². The second-order valence-corrected chi connectivity index (χ2v) is 10.7. The van der Waals surface area contributed by atoms with E-state index in [9.17, 15) is 4.79 Å². The molecule has 40 heavy (non-hydrogen) atoms. The number of fused-ring (bicyclic) bond motifs is 2. The van der Waals surface area contributed by atoms with E-state index in [0.717, 1.165) is 80.9 Å². The van der Waals surface area contributed by atoms with Crippen LogP contribution >= 0.6 is 0 Å². The molecule has 3 N–H and O–H groups in total. The van der Waals surface area contributed by atoms with Crippen molar-refractivity contribution in [2.75, 3.05) is 33.4 Å². The second-order valence-electron chi connectivity index (χ2n) is 10.7. The van der Waals surface area contributed by atoms with Crippen LogP contribution in [0.2, 0.25) is 0 Å². The zero-order chi connectivity index (χ0) is 27.9. The lowest BCUT2D eigenvalue weighted by Crippen LogP contribution is -2.32. The predicted molar refractivity (Wildman–Crippen MR) is 157 cm³/mol. The molecule has 3 aromatic rings. The Bertz CT molecular complexity index is 1340. The third-order valence-corrected chi connectivity index (χ3v) is 8.02. The molecule has 0 radical (unpaired) electrons. The number of carboxylic acid groups (broad SMARTS) is 1. The number of nitrogens with two attached hydrogens (primary N) is 1. The summed E-state index contributed by atoms with van der Waals surface area (Å²) in [5, 5.41) is 8.97. The summed E-state index contributed by atoms with van der Waals surface area (Å²) in [6.45, 7) is 3.86. The molecule has 1 atom stereocenters. The van der Waals surface area contributed by atoms with Crippen LogP contribution in [0.4, 0.5) is 0 Å². The standard InChI is InChI=1S/C33H39N3O4/c1-39-28-12-13-29-26(22-28)9-8-25-5-4-16-35-32(25)31(29)24-14-18-36(19-15-24)17-2-3-20-40-27-10-6-23(7-11-27)21-30(34)33(37)38/h4-7,10-13,16,22,30H,2-3,8-9,14-15,17-21,34H2,1H3,(H,37,38)/t30-/m0/s1. The van der Waals surface area contributed by atoms with Crippen molar-refractivity contribution in [2.45, 2.75) is 51.0 Å². The summed E-state index contributed by atoms with van der Waals surface area (Å²) in [5.74, 6) is 0.732. The minimum absolute atomic E-state index is 0.314. The summed E-state index contributed by atoms with van der Waals surface area (Å²) in [7, 11) is 1.73. The van der Waals surface area contributed by atoms with Gasteiger partial charge in [-0.1, -0.05) is 29.8 Å². The number of nitrogens with zero attached hydrogens (tertiary/aromatic N) is 2. The first-order valence-corrected chi connectivity index (χ1v) is 14.3. The van der Waals surface area contributed by atoms with Crippen LogP contribution in [0.25, 0.3) is 5.57 Å². The van der Waals surface area contributed by atoms with Gasteiger partial charge in [0.2, 0.25) is 0 Å². The first-order valence-electron chi connectivity index (χ1n) is 14.3. The highest BCUT2D eigenvalue weighted by Crippen LogP contribution is 2.38. The highest BCUT2D eigenvalue weighted by Gasteiger charge is 2.25. The predicted octanol–water partition coefficient (Wildman–Crippen LogP) is 4.90. The average molecular weight is 542 g/mol. The molecule has 7 heteroatoms. The fraction of sp³-hybridized carbons (Fsp3) is 0.394. The van der Waals surface area contributed by atoms with Crippen molar-refractivity contribution in [3.63, 3.8) is 0 Å². The summed E-state index contributed by atoms with van der Waals surface area (Å²) in [5.41, 5.74) is 14.5. The van der Waals surface area contributed by atoms with Crippen LogP contribution in [-0.2, 0) is 24.1 Å². The number of carboxylic acids is 1. The Kier molecular flexibility index (Phi) is 9.14. The number of piperidine rings is 1. The summed E-state index contributed by atoms with van der Waals surface area (Å²) >= 11 is 0. The molecule has 7 nitrogen and oxygen atoms in total. The number of hydrogen-bond acceptors (Lipinski definition) is 6. The van der Waals surface area contributed by atoms with Crippen molar-refractivity contribution in [3.05, 3.63) is 94.3 Å². The Hall–Kier alpha value is -3.68. The van der Waals surface area contributed by atoms with E-state index in [4.69, 9.17) is 25.3 Å². The molecular weight excluding hydrogens is 502 g/mol. The van der Waals surface area contributed by atoms with Gasteiger partial charge in [-0.25, -0.2) is 0 Å². The van der Waals surface area contributed by atoms with Crippen molar-refractivity contribution in [3.8, 4) is 11.5 Å². The van der Waals surface area contributed by atoms with Crippen LogP contribution in [0.1, 0.15) is 53.6 Å². The van der Waals surface area contributed by atoms with Crippen molar-refractivity contribution >= 4 is 11.5 Å². The Morgan fingerprint density at radius 2 is 1.75 bits per heavy atom. The number of unbranched alkanes of at least 4 members (excludes halogenated alkanes) is 1. The van der Waals surface area contributed by atoms with Gasteiger partial charge in [-0.15, -0.1) is 0 Å². The van der Waals surface area contributed by atoms with Gasteiger partial charge in [0.1, 0.15) is 17.5 Å². The van der Waals surface area contributed by atoms with Gasteiger partial charge in [-0.2, -0.15) is 0 Å². The van der Waals surface area contributed by atoms with Crippen LogP contribution in [0.3, 0.4) is 0 Å². The fourth-order valence-corrected chi connectivity index (χ4v) is 5.76. The molecule has 0 spiro atoms. The minimum atomic E-state index is -0.986. The molecule has 1 aliphatic carbocycles. The monoisotopic (exact) mass is 541 g/mol. The normalized spacial score (nSPS) is 16.1. The third-order valence-electron chi connectivity index (χ3n) is 8.02. The van der Waals surface area contributed by atoms with Gasteiger partial charge in [-0.3, -0.25) is 9.78 Å². The van der Waals surface area contributed by atoms with Crippen LogP contribution < -0.4 is 15.2 Å². The lowest BCUT2D eigenvalue weighted by molar-refractivity contribution is -0.138. The number of aromatic nitrogens is 1. The Labute approximate surface area is 236 Å².